The van der Waals surface area contributed by atoms with E-state index >= 15 is 0 Å². The van der Waals surface area contributed by atoms with Crippen LogP contribution in [0, 0.1) is 0 Å². The lowest BCUT2D eigenvalue weighted by molar-refractivity contribution is 0.348. The Morgan fingerprint density at radius 2 is 1.78 bits per heavy atom. The molecule has 18 heavy (non-hydrogen) atoms. The summed E-state index contributed by atoms with van der Waals surface area (Å²) in [5.41, 5.74) is 1.37. The first-order chi connectivity index (χ1) is 8.95. The smallest absolute Gasteiger partial charge is 0.213 e. The largest absolute Gasteiger partial charge is 0.473 e. The number of hydrogen-bond acceptors (Lipinski definition) is 2. The van der Waals surface area contributed by atoms with E-state index in [1.54, 1.807) is 6.20 Å². The predicted octanol–water partition coefficient (Wildman–Crippen LogP) is 3.65. The zero-order valence-electron chi connectivity index (χ0n) is 10.3. The fraction of sp³-hybridized carbons (Fsp3) is 0.188. The van der Waals surface area contributed by atoms with Crippen LogP contribution in [0.25, 0.3) is 0 Å². The van der Waals surface area contributed by atoms with E-state index in [1.165, 1.54) is 5.56 Å². The van der Waals surface area contributed by atoms with Crippen molar-refractivity contribution in [3.05, 3.63) is 72.4 Å². The Bertz CT molecular complexity index is 419. The van der Waals surface area contributed by atoms with Gasteiger partial charge >= 0.3 is 0 Å². The fourth-order valence-electron chi connectivity index (χ4n) is 1.65. The van der Waals surface area contributed by atoms with Crippen molar-refractivity contribution >= 4 is 0 Å². The Balaban J connectivity index is 1.64. The normalized spacial score (nSPS) is 10.7. The first kappa shape index (κ1) is 12.4. The van der Waals surface area contributed by atoms with Crippen molar-refractivity contribution < 1.29 is 4.74 Å². The molecule has 0 atom stereocenters. The minimum atomic E-state index is 0.575. The summed E-state index contributed by atoms with van der Waals surface area (Å²) in [7, 11) is 0. The quantitative estimate of drug-likeness (QED) is 0.718. The van der Waals surface area contributed by atoms with Crippen molar-refractivity contribution in [1.82, 2.24) is 4.98 Å². The standard InChI is InChI=1S/C16H17NO/c1-3-9-15(10-4-1)11-5-2-8-14-18-16-12-6-7-13-17-16/h1-4,6-10,12-13H,5,11,14H2/b8-2-. The highest BCUT2D eigenvalue weighted by atomic mass is 16.5. The summed E-state index contributed by atoms with van der Waals surface area (Å²) in [6.07, 6.45) is 8.03. The second-order valence-corrected chi connectivity index (χ2v) is 3.97. The number of benzene rings is 1. The molecule has 2 aromatic rings. The molecule has 0 aliphatic rings. The summed E-state index contributed by atoms with van der Waals surface area (Å²) >= 11 is 0. The maximum atomic E-state index is 5.46. The van der Waals surface area contributed by atoms with Crippen molar-refractivity contribution in [2.45, 2.75) is 12.8 Å². The van der Waals surface area contributed by atoms with Crippen molar-refractivity contribution in [3.63, 3.8) is 0 Å². The molecule has 0 aliphatic heterocycles. The number of aryl methyl sites for hydroxylation is 1. The van der Waals surface area contributed by atoms with E-state index in [2.05, 4.69) is 35.3 Å². The topological polar surface area (TPSA) is 22.1 Å². The Kier molecular flexibility index (Phi) is 5.00. The highest BCUT2D eigenvalue weighted by molar-refractivity contribution is 5.15. The first-order valence-electron chi connectivity index (χ1n) is 6.18. The number of pyridine rings is 1. The van der Waals surface area contributed by atoms with E-state index in [0.717, 1.165) is 12.8 Å². The van der Waals surface area contributed by atoms with Gasteiger partial charge in [0.15, 0.2) is 0 Å². The van der Waals surface area contributed by atoms with Crippen LogP contribution in [0.4, 0.5) is 0 Å². The second-order valence-electron chi connectivity index (χ2n) is 3.97. The zero-order valence-corrected chi connectivity index (χ0v) is 10.3. The van der Waals surface area contributed by atoms with Gasteiger partial charge in [0.1, 0.15) is 6.61 Å². The predicted molar refractivity (Wildman–Crippen MR) is 73.6 cm³/mol. The molecule has 0 bridgehead atoms. The summed E-state index contributed by atoms with van der Waals surface area (Å²) in [4.78, 5) is 4.09. The second kappa shape index (κ2) is 7.28. The molecule has 2 rings (SSSR count). The molecule has 0 radical (unpaired) electrons. The van der Waals surface area contributed by atoms with Gasteiger partial charge in [0.2, 0.25) is 5.88 Å². The molecule has 92 valence electrons. The van der Waals surface area contributed by atoms with Crippen molar-refractivity contribution in [2.24, 2.45) is 0 Å². The summed E-state index contributed by atoms with van der Waals surface area (Å²) in [5.74, 6) is 0.671. The molecule has 0 unspecified atom stereocenters. The third-order valence-corrected chi connectivity index (χ3v) is 2.57. The third kappa shape index (κ3) is 4.42. The van der Waals surface area contributed by atoms with Crippen LogP contribution in [0.1, 0.15) is 12.0 Å². The fourth-order valence-corrected chi connectivity index (χ4v) is 1.65. The summed E-state index contributed by atoms with van der Waals surface area (Å²) in [6, 6.07) is 16.1. The SMILES string of the molecule is C(=C/COc1ccccn1)/CCc1ccccc1. The summed E-state index contributed by atoms with van der Waals surface area (Å²) in [6.45, 7) is 0.575. The molecule has 2 nitrogen and oxygen atoms in total. The summed E-state index contributed by atoms with van der Waals surface area (Å²) in [5, 5.41) is 0. The van der Waals surface area contributed by atoms with Gasteiger partial charge in [-0.1, -0.05) is 48.6 Å². The zero-order chi connectivity index (χ0) is 12.5. The van der Waals surface area contributed by atoms with Gasteiger partial charge in [0.25, 0.3) is 0 Å². The van der Waals surface area contributed by atoms with Gasteiger partial charge in [-0.25, -0.2) is 4.98 Å². The Hall–Kier alpha value is -2.09. The third-order valence-electron chi connectivity index (χ3n) is 2.57. The molecule has 0 fully saturated rings. The van der Waals surface area contributed by atoms with Crippen LogP contribution in [-0.4, -0.2) is 11.6 Å². The highest BCUT2D eigenvalue weighted by Gasteiger charge is 1.90. The molecule has 0 amide bonds. The Morgan fingerprint density at radius 3 is 2.56 bits per heavy atom. The molecule has 0 saturated carbocycles. The van der Waals surface area contributed by atoms with E-state index in [4.69, 9.17) is 4.74 Å². The molecule has 1 aromatic heterocycles. The Morgan fingerprint density at radius 1 is 0.944 bits per heavy atom. The number of ether oxygens (including phenoxy) is 1. The Labute approximate surface area is 108 Å². The van der Waals surface area contributed by atoms with Crippen LogP contribution >= 0.6 is 0 Å². The minimum absolute atomic E-state index is 0.575. The molecule has 0 aliphatic carbocycles. The van der Waals surface area contributed by atoms with Crippen LogP contribution in [0.3, 0.4) is 0 Å². The van der Waals surface area contributed by atoms with Crippen molar-refractivity contribution in [1.29, 1.82) is 0 Å². The van der Waals surface area contributed by atoms with E-state index < -0.39 is 0 Å². The number of nitrogens with zero attached hydrogens (tertiary/aromatic N) is 1. The lowest BCUT2D eigenvalue weighted by atomic mass is 10.1. The van der Waals surface area contributed by atoms with Crippen molar-refractivity contribution in [3.8, 4) is 5.88 Å². The molecule has 0 spiro atoms. The van der Waals surface area contributed by atoms with Crippen molar-refractivity contribution in [2.75, 3.05) is 6.61 Å². The van der Waals surface area contributed by atoms with Gasteiger partial charge in [0.05, 0.1) is 0 Å². The van der Waals surface area contributed by atoms with Crippen LogP contribution in [0.2, 0.25) is 0 Å². The maximum Gasteiger partial charge on any atom is 0.213 e. The van der Waals surface area contributed by atoms with Crippen LogP contribution < -0.4 is 4.74 Å². The minimum Gasteiger partial charge on any atom is -0.473 e. The van der Waals surface area contributed by atoms with E-state index in [1.807, 2.05) is 30.3 Å². The molecular weight excluding hydrogens is 222 g/mol. The lowest BCUT2D eigenvalue weighted by Gasteiger charge is -2.00. The molecule has 0 N–H and O–H groups in total. The van der Waals surface area contributed by atoms with Gasteiger partial charge < -0.3 is 4.74 Å². The molecule has 0 saturated heterocycles. The number of aromatic nitrogens is 1. The molecule has 2 heteroatoms. The van der Waals surface area contributed by atoms with Gasteiger partial charge in [-0.3, -0.25) is 0 Å². The van der Waals surface area contributed by atoms with Gasteiger partial charge in [-0.15, -0.1) is 0 Å². The average Bonchev–Trinajstić information content (AvgIpc) is 2.45. The van der Waals surface area contributed by atoms with Crippen LogP contribution in [-0.2, 0) is 6.42 Å². The number of rotatable bonds is 6. The highest BCUT2D eigenvalue weighted by Crippen LogP contribution is 2.04. The first-order valence-corrected chi connectivity index (χ1v) is 6.18. The molecule has 1 aromatic carbocycles. The van der Waals surface area contributed by atoms with E-state index in [0.29, 0.717) is 12.5 Å². The summed E-state index contributed by atoms with van der Waals surface area (Å²) < 4.78 is 5.46. The average molecular weight is 239 g/mol. The van der Waals surface area contributed by atoms with E-state index in [9.17, 15) is 0 Å². The lowest BCUT2D eigenvalue weighted by Crippen LogP contribution is -1.94. The van der Waals surface area contributed by atoms with Gasteiger partial charge in [-0.05, 0) is 24.5 Å². The maximum absolute atomic E-state index is 5.46. The van der Waals surface area contributed by atoms with Gasteiger partial charge in [-0.2, -0.15) is 0 Å². The van der Waals surface area contributed by atoms with E-state index in [-0.39, 0.29) is 0 Å². The van der Waals surface area contributed by atoms with Crippen LogP contribution in [0.5, 0.6) is 5.88 Å². The number of hydrogen-bond donors (Lipinski definition) is 0. The van der Waals surface area contributed by atoms with Gasteiger partial charge in [0, 0.05) is 12.3 Å². The van der Waals surface area contributed by atoms with Crippen LogP contribution in [0.15, 0.2) is 66.9 Å². The molecular formula is C16H17NO. The number of allylic oxidation sites excluding steroid dienone is 1. The monoisotopic (exact) mass is 239 g/mol. The molecule has 1 heterocycles.